The standard InChI is InChI=1S/C13H19NO3S/c1-10-12(14)6-4-7-13(10)18(15,16)9-11-5-2-3-8-17-11/h4,6-7,11H,2-3,5,8-9,14H2,1H3. The zero-order valence-electron chi connectivity index (χ0n) is 10.6. The van der Waals surface area contributed by atoms with Gasteiger partial charge in [-0.25, -0.2) is 8.42 Å². The lowest BCUT2D eigenvalue weighted by atomic mass is 10.1. The molecule has 0 spiro atoms. The minimum absolute atomic E-state index is 0.0529. The summed E-state index contributed by atoms with van der Waals surface area (Å²) in [5, 5.41) is 0. The number of nitrogens with two attached hydrogens (primary N) is 1. The molecular formula is C13H19NO3S. The van der Waals surface area contributed by atoms with Crippen LogP contribution < -0.4 is 5.73 Å². The first kappa shape index (κ1) is 13.4. The topological polar surface area (TPSA) is 69.4 Å². The first-order chi connectivity index (χ1) is 8.50. The quantitative estimate of drug-likeness (QED) is 0.851. The Bertz CT molecular complexity index is 519. The van der Waals surface area contributed by atoms with E-state index in [1.807, 2.05) is 0 Å². The zero-order valence-corrected chi connectivity index (χ0v) is 11.4. The van der Waals surface area contributed by atoms with Gasteiger partial charge in [-0.3, -0.25) is 0 Å². The molecule has 1 atom stereocenters. The van der Waals surface area contributed by atoms with Gasteiger partial charge in [-0.15, -0.1) is 0 Å². The van der Waals surface area contributed by atoms with Crippen molar-refractivity contribution < 1.29 is 13.2 Å². The summed E-state index contributed by atoms with van der Waals surface area (Å²) >= 11 is 0. The zero-order chi connectivity index (χ0) is 13.2. The highest BCUT2D eigenvalue weighted by Crippen LogP contribution is 2.24. The van der Waals surface area contributed by atoms with Gasteiger partial charge in [0.25, 0.3) is 0 Å². The molecule has 2 rings (SSSR count). The first-order valence-corrected chi connectivity index (χ1v) is 7.85. The Kier molecular flexibility index (Phi) is 3.92. The SMILES string of the molecule is Cc1c(N)cccc1S(=O)(=O)CC1CCCCO1. The third-order valence-electron chi connectivity index (χ3n) is 3.34. The van der Waals surface area contributed by atoms with Crippen LogP contribution in [-0.4, -0.2) is 26.9 Å². The number of nitrogen functional groups attached to an aromatic ring is 1. The summed E-state index contributed by atoms with van der Waals surface area (Å²) in [7, 11) is -3.32. The van der Waals surface area contributed by atoms with Gasteiger partial charge in [0, 0.05) is 12.3 Å². The van der Waals surface area contributed by atoms with Crippen molar-refractivity contribution in [1.82, 2.24) is 0 Å². The van der Waals surface area contributed by atoms with Gasteiger partial charge in [0.05, 0.1) is 16.8 Å². The van der Waals surface area contributed by atoms with E-state index in [2.05, 4.69) is 0 Å². The van der Waals surface area contributed by atoms with E-state index in [1.54, 1.807) is 25.1 Å². The molecule has 18 heavy (non-hydrogen) atoms. The van der Waals surface area contributed by atoms with Crippen LogP contribution in [0, 0.1) is 6.92 Å². The molecule has 0 bridgehead atoms. The normalized spacial score (nSPS) is 20.8. The van der Waals surface area contributed by atoms with Crippen molar-refractivity contribution in [1.29, 1.82) is 0 Å². The van der Waals surface area contributed by atoms with Gasteiger partial charge >= 0.3 is 0 Å². The van der Waals surface area contributed by atoms with Crippen molar-refractivity contribution in [2.75, 3.05) is 18.1 Å². The summed E-state index contributed by atoms with van der Waals surface area (Å²) in [4.78, 5) is 0.330. The summed E-state index contributed by atoms with van der Waals surface area (Å²) in [6, 6.07) is 5.01. The smallest absolute Gasteiger partial charge is 0.181 e. The monoisotopic (exact) mass is 269 g/mol. The van der Waals surface area contributed by atoms with E-state index in [-0.39, 0.29) is 11.9 Å². The highest BCUT2D eigenvalue weighted by atomic mass is 32.2. The van der Waals surface area contributed by atoms with Crippen LogP contribution in [0.15, 0.2) is 23.1 Å². The number of sulfone groups is 1. The Hall–Kier alpha value is -1.07. The molecule has 5 heteroatoms. The van der Waals surface area contributed by atoms with Crippen LogP contribution in [0.25, 0.3) is 0 Å². The summed E-state index contributed by atoms with van der Waals surface area (Å²) in [5.41, 5.74) is 6.90. The van der Waals surface area contributed by atoms with Gasteiger partial charge in [0.2, 0.25) is 0 Å². The lowest BCUT2D eigenvalue weighted by Crippen LogP contribution is -2.28. The molecular weight excluding hydrogens is 250 g/mol. The van der Waals surface area contributed by atoms with Crippen LogP contribution in [0.3, 0.4) is 0 Å². The first-order valence-electron chi connectivity index (χ1n) is 6.20. The molecule has 1 aromatic carbocycles. The summed E-state index contributed by atoms with van der Waals surface area (Å²) in [5.74, 6) is 0.0529. The fourth-order valence-corrected chi connectivity index (χ4v) is 4.04. The second-order valence-corrected chi connectivity index (χ2v) is 6.74. The molecule has 1 aliphatic heterocycles. The lowest BCUT2D eigenvalue weighted by molar-refractivity contribution is 0.0305. The summed E-state index contributed by atoms with van der Waals surface area (Å²) in [6.07, 6.45) is 2.70. The van der Waals surface area contributed by atoms with Crippen molar-refractivity contribution in [2.24, 2.45) is 0 Å². The molecule has 1 saturated heterocycles. The van der Waals surface area contributed by atoms with E-state index in [9.17, 15) is 8.42 Å². The number of anilines is 1. The molecule has 0 radical (unpaired) electrons. The summed E-state index contributed by atoms with van der Waals surface area (Å²) in [6.45, 7) is 2.40. The maximum absolute atomic E-state index is 12.3. The van der Waals surface area contributed by atoms with Crippen LogP contribution in [0.2, 0.25) is 0 Å². The minimum Gasteiger partial charge on any atom is -0.398 e. The van der Waals surface area contributed by atoms with Gasteiger partial charge in [-0.2, -0.15) is 0 Å². The third-order valence-corrected chi connectivity index (χ3v) is 5.26. The Morgan fingerprint density at radius 3 is 2.83 bits per heavy atom. The molecule has 1 unspecified atom stereocenters. The molecule has 1 fully saturated rings. The molecule has 0 aliphatic carbocycles. The second kappa shape index (κ2) is 5.28. The number of hydrogen-bond acceptors (Lipinski definition) is 4. The van der Waals surface area contributed by atoms with E-state index in [0.29, 0.717) is 22.8 Å². The van der Waals surface area contributed by atoms with E-state index in [0.717, 1.165) is 19.3 Å². The number of rotatable bonds is 3. The number of hydrogen-bond donors (Lipinski definition) is 1. The van der Waals surface area contributed by atoms with Crippen LogP contribution in [0.1, 0.15) is 24.8 Å². The van der Waals surface area contributed by atoms with E-state index >= 15 is 0 Å². The fraction of sp³-hybridized carbons (Fsp3) is 0.538. The Labute approximate surface area is 108 Å². The average molecular weight is 269 g/mol. The molecule has 0 amide bonds. The lowest BCUT2D eigenvalue weighted by Gasteiger charge is -2.22. The molecule has 2 N–H and O–H groups in total. The van der Waals surface area contributed by atoms with E-state index < -0.39 is 9.84 Å². The maximum Gasteiger partial charge on any atom is 0.181 e. The van der Waals surface area contributed by atoms with Crippen molar-refractivity contribution in [3.63, 3.8) is 0 Å². The predicted octanol–water partition coefficient (Wildman–Crippen LogP) is 1.92. The maximum atomic E-state index is 12.3. The highest BCUT2D eigenvalue weighted by molar-refractivity contribution is 7.91. The molecule has 1 heterocycles. The summed E-state index contributed by atoms with van der Waals surface area (Å²) < 4.78 is 30.2. The third kappa shape index (κ3) is 2.84. The van der Waals surface area contributed by atoms with E-state index in [4.69, 9.17) is 10.5 Å². The van der Waals surface area contributed by atoms with Gasteiger partial charge in [-0.1, -0.05) is 6.07 Å². The number of ether oxygens (including phenoxy) is 1. The van der Waals surface area contributed by atoms with Crippen LogP contribution in [-0.2, 0) is 14.6 Å². The van der Waals surface area contributed by atoms with E-state index in [1.165, 1.54) is 0 Å². The molecule has 100 valence electrons. The molecule has 4 nitrogen and oxygen atoms in total. The largest absolute Gasteiger partial charge is 0.398 e. The van der Waals surface area contributed by atoms with Crippen molar-refractivity contribution in [2.45, 2.75) is 37.2 Å². The van der Waals surface area contributed by atoms with Crippen LogP contribution in [0.5, 0.6) is 0 Å². The van der Waals surface area contributed by atoms with Crippen molar-refractivity contribution in [3.05, 3.63) is 23.8 Å². The second-order valence-electron chi connectivity index (χ2n) is 4.74. The predicted molar refractivity (Wildman–Crippen MR) is 71.2 cm³/mol. The fourth-order valence-electron chi connectivity index (χ4n) is 2.24. The highest BCUT2D eigenvalue weighted by Gasteiger charge is 2.25. The van der Waals surface area contributed by atoms with Gasteiger partial charge in [-0.05, 0) is 43.9 Å². The molecule has 0 saturated carbocycles. The number of benzene rings is 1. The van der Waals surface area contributed by atoms with Crippen molar-refractivity contribution >= 4 is 15.5 Å². The van der Waals surface area contributed by atoms with Gasteiger partial charge < -0.3 is 10.5 Å². The van der Waals surface area contributed by atoms with Gasteiger partial charge in [0.15, 0.2) is 9.84 Å². The minimum atomic E-state index is -3.32. The Morgan fingerprint density at radius 2 is 2.17 bits per heavy atom. The van der Waals surface area contributed by atoms with Crippen LogP contribution >= 0.6 is 0 Å². The van der Waals surface area contributed by atoms with Crippen molar-refractivity contribution in [3.8, 4) is 0 Å². The van der Waals surface area contributed by atoms with Crippen LogP contribution in [0.4, 0.5) is 5.69 Å². The molecule has 0 aromatic heterocycles. The average Bonchev–Trinajstić information content (AvgIpc) is 2.33. The molecule has 1 aromatic rings. The Balaban J connectivity index is 2.22. The molecule has 1 aliphatic rings. The van der Waals surface area contributed by atoms with Gasteiger partial charge in [0.1, 0.15) is 0 Å². The Morgan fingerprint density at radius 1 is 1.39 bits per heavy atom.